The van der Waals surface area contributed by atoms with Crippen LogP contribution >= 0.6 is 0 Å². The lowest BCUT2D eigenvalue weighted by Gasteiger charge is -2.43. The first-order valence-corrected chi connectivity index (χ1v) is 15.9. The van der Waals surface area contributed by atoms with Gasteiger partial charge in [0.25, 0.3) is 0 Å². The van der Waals surface area contributed by atoms with E-state index >= 15 is 0 Å². The number of methoxy groups -OCH3 is 2. The van der Waals surface area contributed by atoms with Crippen molar-refractivity contribution >= 4 is 21.5 Å². The number of benzene rings is 7. The van der Waals surface area contributed by atoms with Crippen LogP contribution in [0.15, 0.2) is 158 Å². The predicted molar refractivity (Wildman–Crippen MR) is 188 cm³/mol. The van der Waals surface area contributed by atoms with E-state index in [1.807, 2.05) is 30.3 Å². The lowest BCUT2D eigenvalue weighted by atomic mass is 9.69. The molecule has 7 aromatic rings. The van der Waals surface area contributed by atoms with Crippen molar-refractivity contribution in [1.82, 2.24) is 0 Å². The molecule has 0 amide bonds. The number of hydrogen-bond donors (Lipinski definition) is 0. The highest BCUT2D eigenvalue weighted by Gasteiger charge is 2.53. The Bertz CT molecular complexity index is 2110. The summed E-state index contributed by atoms with van der Waals surface area (Å²) in [6, 6.07) is 54.5. The van der Waals surface area contributed by atoms with E-state index in [9.17, 15) is 0 Å². The molecule has 7 aromatic carbocycles. The quantitative estimate of drug-likeness (QED) is 0.175. The fourth-order valence-electron chi connectivity index (χ4n) is 7.22. The first kappa shape index (κ1) is 28.7. The monoisotopic (exact) mass is 614 g/mol. The van der Waals surface area contributed by atoms with Crippen molar-refractivity contribution in [2.45, 2.75) is 17.6 Å². The summed E-state index contributed by atoms with van der Waals surface area (Å²) in [7, 11) is 3.38. The van der Waals surface area contributed by atoms with E-state index in [4.69, 9.17) is 18.9 Å². The van der Waals surface area contributed by atoms with Crippen LogP contribution in [0.5, 0.6) is 23.0 Å². The maximum atomic E-state index is 7.80. The van der Waals surface area contributed by atoms with E-state index in [1.165, 1.54) is 0 Å². The fourth-order valence-corrected chi connectivity index (χ4v) is 7.22. The van der Waals surface area contributed by atoms with Gasteiger partial charge in [-0.1, -0.05) is 133 Å². The molecule has 230 valence electrons. The van der Waals surface area contributed by atoms with Crippen LogP contribution in [0.1, 0.15) is 34.3 Å². The minimum atomic E-state index is -1.06. The molecule has 1 heterocycles. The summed E-state index contributed by atoms with van der Waals surface area (Å²) in [5, 5.41) is 4.23. The van der Waals surface area contributed by atoms with Gasteiger partial charge in [-0.15, -0.1) is 0 Å². The summed E-state index contributed by atoms with van der Waals surface area (Å²) in [6.07, 6.45) is -0.436. The molecule has 0 aliphatic carbocycles. The minimum absolute atomic E-state index is 0.335. The van der Waals surface area contributed by atoms with Crippen molar-refractivity contribution in [3.05, 3.63) is 180 Å². The zero-order chi connectivity index (χ0) is 31.8. The molecule has 0 unspecified atom stereocenters. The second-order valence-corrected chi connectivity index (χ2v) is 11.9. The van der Waals surface area contributed by atoms with Gasteiger partial charge in [0.1, 0.15) is 17.6 Å². The predicted octanol–water partition coefficient (Wildman–Crippen LogP) is 10.3. The van der Waals surface area contributed by atoms with Crippen molar-refractivity contribution in [2.24, 2.45) is 0 Å². The molecule has 1 aliphatic heterocycles. The first-order chi connectivity index (χ1) is 23.2. The van der Waals surface area contributed by atoms with E-state index in [0.29, 0.717) is 5.75 Å². The highest BCUT2D eigenvalue weighted by Crippen LogP contribution is 2.59. The molecule has 0 radical (unpaired) electrons. The zero-order valence-corrected chi connectivity index (χ0v) is 26.3. The second kappa shape index (κ2) is 11.9. The van der Waals surface area contributed by atoms with Gasteiger partial charge in [0.15, 0.2) is 17.1 Å². The highest BCUT2D eigenvalue weighted by molar-refractivity contribution is 6.13. The number of hydrogen-bond acceptors (Lipinski definition) is 4. The average molecular weight is 615 g/mol. The van der Waals surface area contributed by atoms with Crippen molar-refractivity contribution in [3.63, 3.8) is 0 Å². The summed E-state index contributed by atoms with van der Waals surface area (Å²) in [5.41, 5.74) is 3.05. The van der Waals surface area contributed by atoms with Crippen LogP contribution in [0.25, 0.3) is 21.5 Å². The van der Waals surface area contributed by atoms with Crippen molar-refractivity contribution in [3.8, 4) is 23.0 Å². The van der Waals surface area contributed by atoms with Crippen molar-refractivity contribution in [1.29, 1.82) is 0 Å². The van der Waals surface area contributed by atoms with Crippen molar-refractivity contribution < 1.29 is 18.9 Å². The van der Waals surface area contributed by atoms with E-state index < -0.39 is 11.7 Å². The van der Waals surface area contributed by atoms with Crippen LogP contribution < -0.4 is 18.9 Å². The van der Waals surface area contributed by atoms with Crippen LogP contribution in [0.4, 0.5) is 0 Å². The van der Waals surface area contributed by atoms with Crippen LogP contribution in [0, 0.1) is 0 Å². The molecule has 0 fully saturated rings. The number of rotatable bonds is 6. The van der Waals surface area contributed by atoms with Gasteiger partial charge in [0.05, 0.1) is 20.1 Å². The van der Waals surface area contributed by atoms with E-state index in [1.54, 1.807) is 14.2 Å². The SMILES string of the molecule is COc1ccc(C2(c3ccc(OC)cc3)Oc3c(c4ccccc4c4ccccc34)O[C@@H](c3ccccc3)[C@H]2c2ccccc2)cc1. The maximum absolute atomic E-state index is 7.80. The largest absolute Gasteiger partial charge is 0.497 e. The summed E-state index contributed by atoms with van der Waals surface area (Å²) in [4.78, 5) is 0. The van der Waals surface area contributed by atoms with Gasteiger partial charge in [0.2, 0.25) is 0 Å². The van der Waals surface area contributed by atoms with Crippen LogP contribution in [-0.2, 0) is 5.60 Å². The zero-order valence-electron chi connectivity index (χ0n) is 26.3. The van der Waals surface area contributed by atoms with Gasteiger partial charge in [-0.05, 0) is 46.2 Å². The van der Waals surface area contributed by atoms with Gasteiger partial charge >= 0.3 is 0 Å². The number of ether oxygens (including phenoxy) is 4. The summed E-state index contributed by atoms with van der Waals surface area (Å²) in [6.45, 7) is 0. The highest BCUT2D eigenvalue weighted by atomic mass is 16.6. The Balaban J connectivity index is 1.55. The lowest BCUT2D eigenvalue weighted by molar-refractivity contribution is 0.0462. The summed E-state index contributed by atoms with van der Waals surface area (Å²) in [5.74, 6) is 2.66. The molecule has 0 bridgehead atoms. The van der Waals surface area contributed by atoms with E-state index in [2.05, 4.69) is 127 Å². The van der Waals surface area contributed by atoms with Gasteiger partial charge < -0.3 is 18.9 Å². The van der Waals surface area contributed by atoms with Crippen LogP contribution in [0.2, 0.25) is 0 Å². The Labute approximate surface area is 274 Å². The second-order valence-electron chi connectivity index (χ2n) is 11.9. The van der Waals surface area contributed by atoms with Gasteiger partial charge in [-0.2, -0.15) is 0 Å². The number of fused-ring (bicyclic) bond motifs is 6. The van der Waals surface area contributed by atoms with E-state index in [0.717, 1.165) is 61.0 Å². The Hall–Kier alpha value is -5.74. The maximum Gasteiger partial charge on any atom is 0.171 e. The molecule has 0 N–H and O–H groups in total. The third-order valence-corrected chi connectivity index (χ3v) is 9.41. The van der Waals surface area contributed by atoms with Crippen LogP contribution in [0.3, 0.4) is 0 Å². The molecule has 4 heteroatoms. The summed E-state index contributed by atoms with van der Waals surface area (Å²) < 4.78 is 26.5. The van der Waals surface area contributed by atoms with Crippen LogP contribution in [-0.4, -0.2) is 14.2 Å². The lowest BCUT2D eigenvalue weighted by Crippen LogP contribution is -2.43. The molecule has 4 nitrogen and oxygen atoms in total. The smallest absolute Gasteiger partial charge is 0.171 e. The van der Waals surface area contributed by atoms with E-state index in [-0.39, 0.29) is 5.92 Å². The topological polar surface area (TPSA) is 36.9 Å². The standard InChI is InChI=1S/C43H34O4/c1-44-33-25-21-31(22-26-33)43(32-23-27-34(45-2)28-24-32)39(29-13-5-3-6-14-29)40(30-15-7-4-8-16-30)46-41-37-19-11-9-17-35(37)36-18-10-12-20-38(36)42(41)47-43/h3-28,39-40H,1-2H3/t39-,40+/m1/s1. The first-order valence-electron chi connectivity index (χ1n) is 15.9. The molecule has 1 aliphatic rings. The average Bonchev–Trinajstić information content (AvgIpc) is 3.32. The molecule has 2 atom stereocenters. The summed E-state index contributed by atoms with van der Waals surface area (Å²) >= 11 is 0. The molecule has 0 spiro atoms. The van der Waals surface area contributed by atoms with Gasteiger partial charge in [0, 0.05) is 21.9 Å². The minimum Gasteiger partial charge on any atom is -0.497 e. The Morgan fingerprint density at radius 2 is 0.872 bits per heavy atom. The normalized spacial score (nSPS) is 16.8. The molecular weight excluding hydrogens is 580 g/mol. The van der Waals surface area contributed by atoms with Gasteiger partial charge in [-0.3, -0.25) is 0 Å². The van der Waals surface area contributed by atoms with Crippen molar-refractivity contribution in [2.75, 3.05) is 14.2 Å². The molecule has 0 aromatic heterocycles. The molecule has 8 rings (SSSR count). The Kier molecular flexibility index (Phi) is 7.26. The molecular formula is C43H34O4. The third-order valence-electron chi connectivity index (χ3n) is 9.41. The molecule has 0 saturated heterocycles. The fraction of sp³-hybridized carbons (Fsp3) is 0.116. The molecule has 47 heavy (non-hydrogen) atoms. The third kappa shape index (κ3) is 4.76. The van der Waals surface area contributed by atoms with Gasteiger partial charge in [-0.25, -0.2) is 0 Å². The Morgan fingerprint density at radius 3 is 1.36 bits per heavy atom. The Morgan fingerprint density at radius 1 is 0.447 bits per heavy atom. The molecule has 0 saturated carbocycles.